The molecule has 0 saturated heterocycles. The van der Waals surface area contributed by atoms with Gasteiger partial charge in [0, 0.05) is 19.0 Å². The third-order valence-electron chi connectivity index (χ3n) is 3.26. The van der Waals surface area contributed by atoms with Crippen LogP contribution < -0.4 is 10.6 Å². The van der Waals surface area contributed by atoms with E-state index in [0.717, 1.165) is 32.1 Å². The Balaban J connectivity index is 1.90. The van der Waals surface area contributed by atoms with Crippen LogP contribution in [0.4, 0.5) is 4.79 Å². The molecule has 0 radical (unpaired) electrons. The Hall–Kier alpha value is -1.26. The van der Waals surface area contributed by atoms with Crippen LogP contribution in [0.2, 0.25) is 0 Å². The zero-order valence-electron chi connectivity index (χ0n) is 11.2. The number of urea groups is 1. The van der Waals surface area contributed by atoms with Gasteiger partial charge in [0.1, 0.15) is 0 Å². The number of methoxy groups -OCH3 is 1. The molecule has 0 heterocycles. The number of carbonyl (C=O) groups is 2. The molecule has 5 heteroatoms. The number of rotatable bonds is 7. The van der Waals surface area contributed by atoms with E-state index in [-0.39, 0.29) is 12.0 Å². The molecule has 0 aromatic carbocycles. The second kappa shape index (κ2) is 8.78. The topological polar surface area (TPSA) is 67.4 Å². The smallest absolute Gasteiger partial charge is 0.315 e. The van der Waals surface area contributed by atoms with Crippen molar-refractivity contribution in [3.63, 3.8) is 0 Å². The Labute approximate surface area is 109 Å². The SMILES string of the molecule is COC(=O)CCCCCNC(=O)NC1CCCC1. The first-order chi connectivity index (χ1) is 8.72. The lowest BCUT2D eigenvalue weighted by atomic mass is 10.2. The van der Waals surface area contributed by atoms with Crippen molar-refractivity contribution in [3.05, 3.63) is 0 Å². The minimum atomic E-state index is -0.165. The van der Waals surface area contributed by atoms with Crippen LogP contribution in [0.1, 0.15) is 51.4 Å². The predicted molar refractivity (Wildman–Crippen MR) is 69.3 cm³/mol. The van der Waals surface area contributed by atoms with Crippen molar-refractivity contribution in [1.82, 2.24) is 10.6 Å². The molecular weight excluding hydrogens is 232 g/mol. The molecule has 0 spiro atoms. The molecule has 0 aromatic heterocycles. The molecule has 0 aromatic rings. The van der Waals surface area contributed by atoms with E-state index in [2.05, 4.69) is 15.4 Å². The van der Waals surface area contributed by atoms with Gasteiger partial charge in [0.2, 0.25) is 0 Å². The number of ether oxygens (including phenoxy) is 1. The second-order valence-electron chi connectivity index (χ2n) is 4.77. The van der Waals surface area contributed by atoms with Crippen LogP contribution in [0.15, 0.2) is 0 Å². The maximum absolute atomic E-state index is 11.5. The zero-order valence-corrected chi connectivity index (χ0v) is 11.2. The third kappa shape index (κ3) is 6.47. The van der Waals surface area contributed by atoms with Gasteiger partial charge < -0.3 is 15.4 Å². The van der Waals surface area contributed by atoms with Crippen molar-refractivity contribution >= 4 is 12.0 Å². The monoisotopic (exact) mass is 256 g/mol. The second-order valence-corrected chi connectivity index (χ2v) is 4.77. The Morgan fingerprint density at radius 1 is 1.17 bits per heavy atom. The summed E-state index contributed by atoms with van der Waals surface area (Å²) in [5.41, 5.74) is 0. The van der Waals surface area contributed by atoms with E-state index in [4.69, 9.17) is 0 Å². The first-order valence-corrected chi connectivity index (χ1v) is 6.83. The maximum Gasteiger partial charge on any atom is 0.315 e. The zero-order chi connectivity index (χ0) is 13.2. The Bertz CT molecular complexity index is 263. The number of carbonyl (C=O) groups excluding carboxylic acids is 2. The summed E-state index contributed by atoms with van der Waals surface area (Å²) in [5, 5.41) is 5.82. The third-order valence-corrected chi connectivity index (χ3v) is 3.26. The fourth-order valence-corrected chi connectivity index (χ4v) is 2.18. The molecule has 0 aliphatic heterocycles. The van der Waals surface area contributed by atoms with E-state index in [9.17, 15) is 9.59 Å². The molecule has 2 amide bonds. The van der Waals surface area contributed by atoms with Crippen molar-refractivity contribution in [2.75, 3.05) is 13.7 Å². The van der Waals surface area contributed by atoms with Crippen LogP contribution in [0.25, 0.3) is 0 Å². The largest absolute Gasteiger partial charge is 0.469 e. The number of amides is 2. The van der Waals surface area contributed by atoms with Crippen molar-refractivity contribution in [1.29, 1.82) is 0 Å². The van der Waals surface area contributed by atoms with Crippen molar-refractivity contribution < 1.29 is 14.3 Å². The molecule has 1 aliphatic rings. The number of esters is 1. The lowest BCUT2D eigenvalue weighted by molar-refractivity contribution is -0.140. The number of hydrogen-bond donors (Lipinski definition) is 2. The first-order valence-electron chi connectivity index (χ1n) is 6.83. The highest BCUT2D eigenvalue weighted by atomic mass is 16.5. The van der Waals surface area contributed by atoms with E-state index < -0.39 is 0 Å². The van der Waals surface area contributed by atoms with Crippen LogP contribution in [0, 0.1) is 0 Å². The van der Waals surface area contributed by atoms with Crippen LogP contribution in [0.3, 0.4) is 0 Å². The number of nitrogens with one attached hydrogen (secondary N) is 2. The molecule has 0 unspecified atom stereocenters. The minimum absolute atomic E-state index is 0.0603. The molecule has 1 fully saturated rings. The minimum Gasteiger partial charge on any atom is -0.469 e. The van der Waals surface area contributed by atoms with Gasteiger partial charge in [0.05, 0.1) is 7.11 Å². The van der Waals surface area contributed by atoms with Gasteiger partial charge in [-0.15, -0.1) is 0 Å². The van der Waals surface area contributed by atoms with Crippen molar-refractivity contribution in [3.8, 4) is 0 Å². The van der Waals surface area contributed by atoms with Crippen LogP contribution in [0.5, 0.6) is 0 Å². The molecule has 1 rings (SSSR count). The predicted octanol–water partition coefficient (Wildman–Crippen LogP) is 1.96. The van der Waals surface area contributed by atoms with E-state index >= 15 is 0 Å². The van der Waals surface area contributed by atoms with E-state index in [0.29, 0.717) is 19.0 Å². The highest BCUT2D eigenvalue weighted by Crippen LogP contribution is 2.17. The first kappa shape index (κ1) is 14.8. The summed E-state index contributed by atoms with van der Waals surface area (Å²) in [6.45, 7) is 0.666. The number of unbranched alkanes of at least 4 members (excludes halogenated alkanes) is 2. The number of hydrogen-bond acceptors (Lipinski definition) is 3. The highest BCUT2D eigenvalue weighted by molar-refractivity contribution is 5.74. The van der Waals surface area contributed by atoms with Gasteiger partial charge in [-0.05, 0) is 25.7 Å². The average molecular weight is 256 g/mol. The van der Waals surface area contributed by atoms with Gasteiger partial charge in [0.25, 0.3) is 0 Å². The summed E-state index contributed by atoms with van der Waals surface area (Å²) in [5.74, 6) is -0.165. The molecule has 1 aliphatic carbocycles. The summed E-state index contributed by atoms with van der Waals surface area (Å²) >= 11 is 0. The Morgan fingerprint density at radius 3 is 2.56 bits per heavy atom. The Kier molecular flexibility index (Phi) is 7.22. The van der Waals surface area contributed by atoms with Crippen LogP contribution >= 0.6 is 0 Å². The van der Waals surface area contributed by atoms with Gasteiger partial charge in [0.15, 0.2) is 0 Å². The molecule has 104 valence electrons. The van der Waals surface area contributed by atoms with E-state index in [1.165, 1.54) is 20.0 Å². The molecule has 18 heavy (non-hydrogen) atoms. The average Bonchev–Trinajstić information content (AvgIpc) is 2.85. The standard InChI is InChI=1S/C13H24N2O3/c1-18-12(16)9-3-2-6-10-14-13(17)15-11-7-4-5-8-11/h11H,2-10H2,1H3,(H2,14,15,17). The van der Waals surface area contributed by atoms with Gasteiger partial charge in [-0.2, -0.15) is 0 Å². The normalized spacial score (nSPS) is 15.4. The summed E-state index contributed by atoms with van der Waals surface area (Å²) in [6.07, 6.45) is 7.76. The van der Waals surface area contributed by atoms with Crippen LogP contribution in [-0.4, -0.2) is 31.7 Å². The van der Waals surface area contributed by atoms with Crippen molar-refractivity contribution in [2.45, 2.75) is 57.4 Å². The lowest BCUT2D eigenvalue weighted by Gasteiger charge is -2.12. The fourth-order valence-electron chi connectivity index (χ4n) is 2.18. The molecule has 2 N–H and O–H groups in total. The van der Waals surface area contributed by atoms with Crippen LogP contribution in [-0.2, 0) is 9.53 Å². The quantitative estimate of drug-likeness (QED) is 0.540. The summed E-state index contributed by atoms with van der Waals surface area (Å²) in [7, 11) is 1.40. The fraction of sp³-hybridized carbons (Fsp3) is 0.846. The van der Waals surface area contributed by atoms with E-state index in [1.807, 2.05) is 0 Å². The molecule has 5 nitrogen and oxygen atoms in total. The van der Waals surface area contributed by atoms with E-state index in [1.54, 1.807) is 0 Å². The molecule has 0 atom stereocenters. The van der Waals surface area contributed by atoms with Gasteiger partial charge >= 0.3 is 12.0 Å². The molecule has 1 saturated carbocycles. The highest BCUT2D eigenvalue weighted by Gasteiger charge is 2.16. The van der Waals surface area contributed by atoms with Gasteiger partial charge in [-0.1, -0.05) is 19.3 Å². The van der Waals surface area contributed by atoms with Gasteiger partial charge in [-0.25, -0.2) is 4.79 Å². The van der Waals surface area contributed by atoms with Gasteiger partial charge in [-0.3, -0.25) is 4.79 Å². The molecule has 0 bridgehead atoms. The summed E-state index contributed by atoms with van der Waals surface area (Å²) in [6, 6.07) is 0.305. The summed E-state index contributed by atoms with van der Waals surface area (Å²) < 4.78 is 4.55. The molecular formula is C13H24N2O3. The van der Waals surface area contributed by atoms with Crippen molar-refractivity contribution in [2.24, 2.45) is 0 Å². The Morgan fingerprint density at radius 2 is 1.89 bits per heavy atom. The maximum atomic E-state index is 11.5. The summed E-state index contributed by atoms with van der Waals surface area (Å²) in [4.78, 5) is 22.3. The lowest BCUT2D eigenvalue weighted by Crippen LogP contribution is -2.41.